The van der Waals surface area contributed by atoms with E-state index in [1.807, 2.05) is 25.1 Å². The van der Waals surface area contributed by atoms with Gasteiger partial charge < -0.3 is 16.2 Å². The molecule has 1 aromatic carbocycles. The van der Waals surface area contributed by atoms with E-state index in [0.717, 1.165) is 16.3 Å². The number of aliphatic carboxylic acids is 1. The molecule has 0 spiro atoms. The van der Waals surface area contributed by atoms with Crippen LogP contribution in [0.4, 0.5) is 11.5 Å². The molecule has 0 aliphatic heterocycles. The summed E-state index contributed by atoms with van der Waals surface area (Å²) >= 11 is 0. The Hall–Kier alpha value is -2.30. The van der Waals surface area contributed by atoms with Gasteiger partial charge in [-0.2, -0.15) is 0 Å². The Morgan fingerprint density at radius 3 is 2.88 bits per heavy atom. The molecule has 0 saturated carbocycles. The molecule has 0 aliphatic rings. The van der Waals surface area contributed by atoms with Crippen LogP contribution in [0.15, 0.2) is 24.4 Å². The van der Waals surface area contributed by atoms with Crippen LogP contribution in [-0.4, -0.2) is 22.6 Å². The fourth-order valence-corrected chi connectivity index (χ4v) is 1.69. The summed E-state index contributed by atoms with van der Waals surface area (Å²) in [6.07, 6.45) is 1.61. The molecule has 0 atom stereocenters. The third kappa shape index (κ3) is 2.13. The highest BCUT2D eigenvalue weighted by Crippen LogP contribution is 2.28. The SMILES string of the molecule is Cc1ccc2c(NCC(=O)O)nccc2c1N. The molecule has 0 saturated heterocycles. The summed E-state index contributed by atoms with van der Waals surface area (Å²) < 4.78 is 0. The molecule has 2 aromatic rings. The first-order valence-electron chi connectivity index (χ1n) is 5.19. The lowest BCUT2D eigenvalue weighted by Crippen LogP contribution is -2.13. The van der Waals surface area contributed by atoms with Crippen LogP contribution in [0, 0.1) is 6.92 Å². The Kier molecular flexibility index (Phi) is 2.82. The maximum Gasteiger partial charge on any atom is 0.322 e. The van der Waals surface area contributed by atoms with Crippen molar-refractivity contribution in [2.45, 2.75) is 6.92 Å². The number of hydrogen-bond acceptors (Lipinski definition) is 4. The van der Waals surface area contributed by atoms with Crippen molar-refractivity contribution in [3.05, 3.63) is 30.0 Å². The predicted molar refractivity (Wildman–Crippen MR) is 67.0 cm³/mol. The van der Waals surface area contributed by atoms with Crippen molar-refractivity contribution in [2.75, 3.05) is 17.6 Å². The van der Waals surface area contributed by atoms with E-state index < -0.39 is 5.97 Å². The number of carboxylic acid groups (broad SMARTS) is 1. The fraction of sp³-hybridized carbons (Fsp3) is 0.167. The summed E-state index contributed by atoms with van der Waals surface area (Å²) in [4.78, 5) is 14.6. The fourth-order valence-electron chi connectivity index (χ4n) is 1.69. The van der Waals surface area contributed by atoms with E-state index in [4.69, 9.17) is 10.8 Å². The van der Waals surface area contributed by atoms with Crippen LogP contribution >= 0.6 is 0 Å². The zero-order valence-electron chi connectivity index (χ0n) is 9.40. The molecule has 0 radical (unpaired) electrons. The zero-order valence-corrected chi connectivity index (χ0v) is 9.40. The van der Waals surface area contributed by atoms with Gasteiger partial charge in [-0.05, 0) is 18.6 Å². The summed E-state index contributed by atoms with van der Waals surface area (Å²) in [5.41, 5.74) is 7.66. The largest absolute Gasteiger partial charge is 0.480 e. The summed E-state index contributed by atoms with van der Waals surface area (Å²) in [6.45, 7) is 1.76. The van der Waals surface area contributed by atoms with E-state index in [2.05, 4.69) is 10.3 Å². The number of nitrogens with zero attached hydrogens (tertiary/aromatic N) is 1. The normalized spacial score (nSPS) is 10.4. The number of aromatic nitrogens is 1. The van der Waals surface area contributed by atoms with E-state index in [-0.39, 0.29) is 6.54 Å². The molecule has 0 fully saturated rings. The minimum absolute atomic E-state index is 0.167. The van der Waals surface area contributed by atoms with Gasteiger partial charge in [-0.25, -0.2) is 4.98 Å². The third-order valence-electron chi connectivity index (χ3n) is 2.61. The number of hydrogen-bond donors (Lipinski definition) is 3. The molecule has 5 heteroatoms. The molecule has 1 heterocycles. The van der Waals surface area contributed by atoms with Crippen molar-refractivity contribution >= 4 is 28.2 Å². The lowest BCUT2D eigenvalue weighted by Gasteiger charge is -2.09. The molecule has 0 aliphatic carbocycles. The number of carboxylic acids is 1. The topological polar surface area (TPSA) is 88.2 Å². The van der Waals surface area contributed by atoms with Crippen molar-refractivity contribution in [1.29, 1.82) is 0 Å². The van der Waals surface area contributed by atoms with Crippen molar-refractivity contribution in [3.63, 3.8) is 0 Å². The number of aryl methyl sites for hydroxylation is 1. The predicted octanol–water partition coefficient (Wildman–Crippen LogP) is 1.62. The van der Waals surface area contributed by atoms with Crippen molar-refractivity contribution in [3.8, 4) is 0 Å². The van der Waals surface area contributed by atoms with Gasteiger partial charge in [0.2, 0.25) is 0 Å². The Labute approximate surface area is 98.3 Å². The standard InChI is InChI=1S/C12H13N3O2/c1-7-2-3-9-8(11(7)13)4-5-14-12(9)15-6-10(16)17/h2-5H,6,13H2,1H3,(H,14,15)(H,16,17). The van der Waals surface area contributed by atoms with E-state index in [0.29, 0.717) is 11.5 Å². The summed E-state index contributed by atoms with van der Waals surface area (Å²) in [5, 5.41) is 13.1. The highest BCUT2D eigenvalue weighted by Gasteiger charge is 2.07. The highest BCUT2D eigenvalue weighted by atomic mass is 16.4. The highest BCUT2D eigenvalue weighted by molar-refractivity contribution is 6.00. The number of anilines is 2. The minimum atomic E-state index is -0.927. The minimum Gasteiger partial charge on any atom is -0.480 e. The molecule has 4 N–H and O–H groups in total. The number of benzene rings is 1. The first-order chi connectivity index (χ1) is 8.09. The van der Waals surface area contributed by atoms with E-state index >= 15 is 0 Å². The summed E-state index contributed by atoms with van der Waals surface area (Å²) in [7, 11) is 0. The maximum atomic E-state index is 10.5. The molecular formula is C12H13N3O2. The average Bonchev–Trinajstić information content (AvgIpc) is 2.31. The Balaban J connectivity index is 2.51. The molecule has 88 valence electrons. The van der Waals surface area contributed by atoms with Crippen LogP contribution in [0.25, 0.3) is 10.8 Å². The quantitative estimate of drug-likeness (QED) is 0.698. The van der Waals surface area contributed by atoms with E-state index in [9.17, 15) is 4.79 Å². The van der Waals surface area contributed by atoms with Gasteiger partial charge in [0.15, 0.2) is 0 Å². The number of rotatable bonds is 3. The van der Waals surface area contributed by atoms with Crippen LogP contribution in [0.1, 0.15) is 5.56 Å². The second kappa shape index (κ2) is 4.29. The third-order valence-corrected chi connectivity index (χ3v) is 2.61. The first kappa shape index (κ1) is 11.2. The van der Waals surface area contributed by atoms with Gasteiger partial charge in [0, 0.05) is 22.7 Å². The van der Waals surface area contributed by atoms with Gasteiger partial charge in [-0.15, -0.1) is 0 Å². The number of nitrogen functional groups attached to an aromatic ring is 1. The maximum absolute atomic E-state index is 10.5. The van der Waals surface area contributed by atoms with Crippen molar-refractivity contribution in [2.24, 2.45) is 0 Å². The number of fused-ring (bicyclic) bond motifs is 1. The second-order valence-corrected chi connectivity index (χ2v) is 3.80. The van der Waals surface area contributed by atoms with Crippen LogP contribution in [0.2, 0.25) is 0 Å². The van der Waals surface area contributed by atoms with Crippen LogP contribution in [0.5, 0.6) is 0 Å². The lowest BCUT2D eigenvalue weighted by molar-refractivity contribution is -0.134. The number of nitrogens with one attached hydrogen (secondary N) is 1. The molecule has 17 heavy (non-hydrogen) atoms. The number of carbonyl (C=O) groups is 1. The van der Waals surface area contributed by atoms with E-state index in [1.165, 1.54) is 0 Å². The van der Waals surface area contributed by atoms with Crippen molar-refractivity contribution < 1.29 is 9.90 Å². The molecule has 1 aromatic heterocycles. The monoisotopic (exact) mass is 231 g/mol. The Morgan fingerprint density at radius 1 is 1.41 bits per heavy atom. The first-order valence-corrected chi connectivity index (χ1v) is 5.19. The number of pyridine rings is 1. The Bertz CT molecular complexity index is 581. The van der Waals surface area contributed by atoms with Crippen LogP contribution in [-0.2, 0) is 4.79 Å². The van der Waals surface area contributed by atoms with Crippen molar-refractivity contribution in [1.82, 2.24) is 4.98 Å². The molecule has 0 amide bonds. The summed E-state index contributed by atoms with van der Waals surface area (Å²) in [5.74, 6) is -0.388. The van der Waals surface area contributed by atoms with Gasteiger partial charge in [0.25, 0.3) is 0 Å². The zero-order chi connectivity index (χ0) is 12.4. The summed E-state index contributed by atoms with van der Waals surface area (Å²) in [6, 6.07) is 5.60. The van der Waals surface area contributed by atoms with Gasteiger partial charge in [-0.3, -0.25) is 4.79 Å². The lowest BCUT2D eigenvalue weighted by atomic mass is 10.1. The molecule has 0 unspecified atom stereocenters. The van der Waals surface area contributed by atoms with Crippen LogP contribution < -0.4 is 11.1 Å². The Morgan fingerprint density at radius 2 is 2.18 bits per heavy atom. The van der Waals surface area contributed by atoms with Gasteiger partial charge in [0.1, 0.15) is 12.4 Å². The molecule has 0 bridgehead atoms. The average molecular weight is 231 g/mol. The molecule has 5 nitrogen and oxygen atoms in total. The smallest absolute Gasteiger partial charge is 0.322 e. The second-order valence-electron chi connectivity index (χ2n) is 3.80. The van der Waals surface area contributed by atoms with Gasteiger partial charge in [-0.1, -0.05) is 12.1 Å². The molecular weight excluding hydrogens is 218 g/mol. The van der Waals surface area contributed by atoms with Gasteiger partial charge in [0.05, 0.1) is 0 Å². The van der Waals surface area contributed by atoms with Crippen LogP contribution in [0.3, 0.4) is 0 Å². The van der Waals surface area contributed by atoms with E-state index in [1.54, 1.807) is 6.20 Å². The molecule has 2 rings (SSSR count). The number of nitrogens with two attached hydrogens (primary N) is 1. The van der Waals surface area contributed by atoms with Gasteiger partial charge >= 0.3 is 5.97 Å².